The Morgan fingerprint density at radius 2 is 1.82 bits per heavy atom. The number of nitrogens with zero attached hydrogens (tertiary/aromatic N) is 1. The monoisotopic (exact) mass is 530 g/mol. The lowest BCUT2D eigenvalue weighted by Gasteiger charge is -2.41. The van der Waals surface area contributed by atoms with Crippen molar-refractivity contribution in [2.75, 3.05) is 19.7 Å². The fraction of sp³-hybridized carbons (Fsp3) is 0.452. The number of nitrogens with one attached hydrogen (secondary N) is 2. The van der Waals surface area contributed by atoms with Crippen LogP contribution in [0.1, 0.15) is 62.6 Å². The number of rotatable bonds is 7. The van der Waals surface area contributed by atoms with Gasteiger partial charge in [0.2, 0.25) is 11.8 Å². The molecule has 8 heteroatoms. The van der Waals surface area contributed by atoms with E-state index in [-0.39, 0.29) is 29.1 Å². The Hall–Kier alpha value is -3.65. The minimum absolute atomic E-state index is 0.110. The maximum Gasteiger partial charge on any atom is 0.313 e. The molecule has 1 saturated heterocycles. The van der Waals surface area contributed by atoms with E-state index in [1.165, 1.54) is 5.56 Å². The Morgan fingerprint density at radius 1 is 1.13 bits per heavy atom. The van der Waals surface area contributed by atoms with Gasteiger partial charge in [-0.2, -0.15) is 0 Å². The second kappa shape index (κ2) is 10.5. The molecule has 1 aliphatic carbocycles. The number of hydrogen-bond donors (Lipinski definition) is 3. The molecule has 206 valence electrons. The van der Waals surface area contributed by atoms with E-state index >= 15 is 0 Å². The van der Waals surface area contributed by atoms with E-state index in [0.717, 1.165) is 34.9 Å². The predicted octanol–water partition coefficient (Wildman–Crippen LogP) is 3.54. The Morgan fingerprint density at radius 3 is 2.54 bits per heavy atom. The van der Waals surface area contributed by atoms with Gasteiger partial charge in [-0.1, -0.05) is 42.5 Å². The number of nitrogens with two attached hydrogens (primary N) is 1. The maximum absolute atomic E-state index is 13.9. The Bertz CT molecular complexity index is 1380. The first-order valence-corrected chi connectivity index (χ1v) is 13.8. The molecular weight excluding hydrogens is 492 g/mol. The number of aromatic nitrogens is 1. The number of para-hydroxylation sites is 1. The second-order valence-electron chi connectivity index (χ2n) is 11.5. The highest BCUT2D eigenvalue weighted by atomic mass is 16.5. The number of hydrogen-bond acceptors (Lipinski definition) is 5. The summed E-state index contributed by atoms with van der Waals surface area (Å²) in [6.07, 6.45) is 4.47. The first-order chi connectivity index (χ1) is 18.6. The molecular formula is C31H38N4O4. The topological polar surface area (TPSA) is 118 Å². The van der Waals surface area contributed by atoms with Gasteiger partial charge in [0, 0.05) is 42.0 Å². The molecule has 2 atom stereocenters. The van der Waals surface area contributed by atoms with Crippen molar-refractivity contribution in [3.8, 4) is 0 Å². The molecule has 5 rings (SSSR count). The number of benzene rings is 2. The number of piperidine rings is 1. The van der Waals surface area contributed by atoms with Gasteiger partial charge in [0.1, 0.15) is 6.04 Å². The lowest BCUT2D eigenvalue weighted by molar-refractivity contribution is -0.145. The van der Waals surface area contributed by atoms with Crippen molar-refractivity contribution in [1.82, 2.24) is 15.2 Å². The van der Waals surface area contributed by atoms with Crippen LogP contribution in [0.25, 0.3) is 10.9 Å². The molecule has 3 aromatic rings. The number of H-pyrrole nitrogens is 1. The van der Waals surface area contributed by atoms with E-state index in [1.807, 2.05) is 60.5 Å². The standard InChI is InChI=1S/C31H38N4O4/c1-4-39-28(37)23-18-31(24-11-7-5-10-22(23)24)13-15-35(16-14-31)27(36)26(34-29(38)30(2,3)32)17-20-19-33-25-12-8-6-9-21(20)25/h5-12,19,23,26,33H,4,13-18,32H2,1-3H3,(H,34,38)/t23-,26-/m1/s1. The summed E-state index contributed by atoms with van der Waals surface area (Å²) in [4.78, 5) is 44.7. The Balaban J connectivity index is 1.35. The third kappa shape index (κ3) is 5.17. The minimum Gasteiger partial charge on any atom is -0.466 e. The molecule has 0 radical (unpaired) electrons. The molecule has 1 aromatic heterocycles. The van der Waals surface area contributed by atoms with Crippen LogP contribution < -0.4 is 11.1 Å². The fourth-order valence-electron chi connectivity index (χ4n) is 6.26. The minimum atomic E-state index is -1.11. The third-order valence-electron chi connectivity index (χ3n) is 8.39. The zero-order valence-corrected chi connectivity index (χ0v) is 23.0. The molecule has 0 saturated carbocycles. The molecule has 8 nitrogen and oxygen atoms in total. The van der Waals surface area contributed by atoms with Crippen LogP contribution in [0, 0.1) is 0 Å². The van der Waals surface area contributed by atoms with Crippen molar-refractivity contribution in [2.45, 2.75) is 69.4 Å². The Labute approximate surface area is 229 Å². The molecule has 1 spiro atoms. The number of amides is 2. The maximum atomic E-state index is 13.9. The van der Waals surface area contributed by atoms with E-state index in [9.17, 15) is 14.4 Å². The van der Waals surface area contributed by atoms with E-state index < -0.39 is 11.6 Å². The molecule has 2 aromatic carbocycles. The number of ether oxygens (including phenoxy) is 1. The summed E-state index contributed by atoms with van der Waals surface area (Å²) in [5, 5.41) is 3.97. The van der Waals surface area contributed by atoms with Crippen molar-refractivity contribution < 1.29 is 19.1 Å². The predicted molar refractivity (Wildman–Crippen MR) is 150 cm³/mol. The first-order valence-electron chi connectivity index (χ1n) is 13.8. The largest absolute Gasteiger partial charge is 0.466 e. The lowest BCUT2D eigenvalue weighted by Crippen LogP contribution is -2.58. The average molecular weight is 531 g/mol. The molecule has 39 heavy (non-hydrogen) atoms. The molecule has 1 aliphatic heterocycles. The number of likely N-dealkylation sites (tertiary alicyclic amines) is 1. The lowest BCUT2D eigenvalue weighted by atomic mass is 9.73. The normalized spacial score (nSPS) is 19.1. The van der Waals surface area contributed by atoms with Crippen LogP contribution in [-0.2, 0) is 31.0 Å². The van der Waals surface area contributed by atoms with Crippen LogP contribution in [0.5, 0.6) is 0 Å². The van der Waals surface area contributed by atoms with Crippen molar-refractivity contribution in [3.05, 3.63) is 71.4 Å². The van der Waals surface area contributed by atoms with Gasteiger partial charge in [-0.15, -0.1) is 0 Å². The second-order valence-corrected chi connectivity index (χ2v) is 11.5. The van der Waals surface area contributed by atoms with Gasteiger partial charge in [-0.05, 0) is 62.8 Å². The van der Waals surface area contributed by atoms with Crippen LogP contribution in [0.4, 0.5) is 0 Å². The highest BCUT2D eigenvalue weighted by Gasteiger charge is 2.48. The van der Waals surface area contributed by atoms with Crippen LogP contribution in [0.15, 0.2) is 54.7 Å². The number of carbonyl (C=O) groups is 3. The fourth-order valence-corrected chi connectivity index (χ4v) is 6.26. The van der Waals surface area contributed by atoms with Gasteiger partial charge in [-0.25, -0.2) is 0 Å². The number of aromatic amines is 1. The molecule has 0 bridgehead atoms. The summed E-state index contributed by atoms with van der Waals surface area (Å²) in [5.74, 6) is -0.924. The van der Waals surface area contributed by atoms with E-state index in [0.29, 0.717) is 32.5 Å². The van der Waals surface area contributed by atoms with E-state index in [2.05, 4.69) is 16.4 Å². The highest BCUT2D eigenvalue weighted by molar-refractivity contribution is 5.92. The summed E-state index contributed by atoms with van der Waals surface area (Å²) in [6.45, 7) is 6.56. The first kappa shape index (κ1) is 26.9. The summed E-state index contributed by atoms with van der Waals surface area (Å²) in [7, 11) is 0. The Kier molecular flexibility index (Phi) is 7.25. The van der Waals surface area contributed by atoms with Gasteiger partial charge < -0.3 is 25.7 Å². The van der Waals surface area contributed by atoms with Crippen molar-refractivity contribution in [2.24, 2.45) is 5.73 Å². The van der Waals surface area contributed by atoms with Crippen molar-refractivity contribution in [1.29, 1.82) is 0 Å². The average Bonchev–Trinajstić information content (AvgIpc) is 3.47. The summed E-state index contributed by atoms with van der Waals surface area (Å²) < 4.78 is 5.40. The molecule has 1 fully saturated rings. The smallest absolute Gasteiger partial charge is 0.313 e. The number of carbonyl (C=O) groups excluding carboxylic acids is 3. The van der Waals surface area contributed by atoms with Crippen molar-refractivity contribution in [3.63, 3.8) is 0 Å². The van der Waals surface area contributed by atoms with Gasteiger partial charge in [-0.3, -0.25) is 14.4 Å². The zero-order chi connectivity index (χ0) is 27.8. The number of fused-ring (bicyclic) bond motifs is 3. The third-order valence-corrected chi connectivity index (χ3v) is 8.39. The van der Waals surface area contributed by atoms with Crippen LogP contribution in [-0.4, -0.2) is 58.9 Å². The van der Waals surface area contributed by atoms with Gasteiger partial charge in [0.05, 0.1) is 18.1 Å². The van der Waals surface area contributed by atoms with E-state index in [1.54, 1.807) is 13.8 Å². The van der Waals surface area contributed by atoms with Crippen LogP contribution >= 0.6 is 0 Å². The zero-order valence-electron chi connectivity index (χ0n) is 23.0. The van der Waals surface area contributed by atoms with Crippen LogP contribution in [0.2, 0.25) is 0 Å². The van der Waals surface area contributed by atoms with Gasteiger partial charge in [0.15, 0.2) is 0 Å². The van der Waals surface area contributed by atoms with Gasteiger partial charge >= 0.3 is 5.97 Å². The quantitative estimate of drug-likeness (QED) is 0.404. The highest BCUT2D eigenvalue weighted by Crippen LogP contribution is 2.52. The molecule has 4 N–H and O–H groups in total. The molecule has 2 heterocycles. The molecule has 2 aliphatic rings. The summed E-state index contributed by atoms with van der Waals surface area (Å²) >= 11 is 0. The summed E-state index contributed by atoms with van der Waals surface area (Å²) in [5.41, 5.74) is 8.99. The molecule has 0 unspecified atom stereocenters. The van der Waals surface area contributed by atoms with Gasteiger partial charge in [0.25, 0.3) is 0 Å². The SMILES string of the molecule is CCOC(=O)[C@@H]1CC2(CCN(C(=O)[C@@H](Cc3c[nH]c4ccccc34)NC(=O)C(C)(C)N)CC2)c2ccccc21. The summed E-state index contributed by atoms with van der Waals surface area (Å²) in [6, 6.07) is 15.3. The molecule has 2 amide bonds. The van der Waals surface area contributed by atoms with E-state index in [4.69, 9.17) is 10.5 Å². The van der Waals surface area contributed by atoms with Crippen molar-refractivity contribution >= 4 is 28.7 Å². The number of esters is 1. The van der Waals surface area contributed by atoms with Crippen LogP contribution in [0.3, 0.4) is 0 Å².